The molecular formula is C9H6ClF3O3. The van der Waals surface area contributed by atoms with Gasteiger partial charge in [-0.25, -0.2) is 0 Å². The molecule has 16 heavy (non-hydrogen) atoms. The Morgan fingerprint density at radius 1 is 1.25 bits per heavy atom. The quantitative estimate of drug-likeness (QED) is 0.812. The molecule has 1 atom stereocenters. The van der Waals surface area contributed by atoms with E-state index in [1.165, 1.54) is 18.2 Å². The summed E-state index contributed by atoms with van der Waals surface area (Å²) in [6.45, 7) is -2.81. The molecule has 1 aliphatic rings. The number of fused-ring (bicyclic) bond motifs is 1. The maximum atomic E-state index is 11.8. The maximum absolute atomic E-state index is 11.8. The van der Waals surface area contributed by atoms with Crippen molar-refractivity contribution in [3.63, 3.8) is 0 Å². The van der Waals surface area contributed by atoms with Crippen LogP contribution in [0.1, 0.15) is 0 Å². The van der Waals surface area contributed by atoms with E-state index >= 15 is 0 Å². The second kappa shape index (κ2) is 4.03. The second-order valence-corrected chi connectivity index (χ2v) is 3.48. The van der Waals surface area contributed by atoms with E-state index in [-0.39, 0.29) is 5.75 Å². The molecule has 0 saturated heterocycles. The van der Waals surface area contributed by atoms with E-state index in [1.807, 2.05) is 0 Å². The summed E-state index contributed by atoms with van der Waals surface area (Å²) in [7, 11) is 0. The number of alkyl halides is 3. The zero-order valence-electron chi connectivity index (χ0n) is 7.75. The van der Waals surface area contributed by atoms with Crippen molar-refractivity contribution in [2.24, 2.45) is 0 Å². The molecule has 0 saturated carbocycles. The Bertz CT molecular complexity index is 394. The highest BCUT2D eigenvalue weighted by molar-refractivity contribution is 6.30. The summed E-state index contributed by atoms with van der Waals surface area (Å²) in [4.78, 5) is 0. The highest BCUT2D eigenvalue weighted by Crippen LogP contribution is 2.37. The molecule has 2 rings (SSSR count). The SMILES string of the molecule is FC(F)(F)COC1Oc2ccc(Cl)cc2O1. The predicted molar refractivity (Wildman–Crippen MR) is 48.5 cm³/mol. The Hall–Kier alpha value is -1.14. The maximum Gasteiger partial charge on any atom is 0.412 e. The Labute approximate surface area is 93.7 Å². The van der Waals surface area contributed by atoms with E-state index in [4.69, 9.17) is 21.1 Å². The van der Waals surface area contributed by atoms with Gasteiger partial charge in [0.1, 0.15) is 0 Å². The van der Waals surface area contributed by atoms with Crippen molar-refractivity contribution < 1.29 is 27.4 Å². The Morgan fingerprint density at radius 2 is 1.94 bits per heavy atom. The molecule has 1 aromatic rings. The lowest BCUT2D eigenvalue weighted by Crippen LogP contribution is -2.28. The predicted octanol–water partition coefficient (Wildman–Crippen LogP) is 2.97. The van der Waals surface area contributed by atoms with Crippen LogP contribution in [-0.4, -0.2) is 19.3 Å². The van der Waals surface area contributed by atoms with Crippen LogP contribution in [0.25, 0.3) is 0 Å². The first kappa shape index (κ1) is 11.3. The molecule has 1 heterocycles. The normalized spacial score (nSPS) is 18.9. The number of hydrogen-bond acceptors (Lipinski definition) is 3. The summed E-state index contributed by atoms with van der Waals surface area (Å²) >= 11 is 5.66. The van der Waals surface area contributed by atoms with E-state index in [1.54, 1.807) is 0 Å². The molecular weight excluding hydrogens is 249 g/mol. The van der Waals surface area contributed by atoms with Gasteiger partial charge < -0.3 is 14.2 Å². The van der Waals surface area contributed by atoms with Crippen LogP contribution in [0.3, 0.4) is 0 Å². The first-order valence-electron chi connectivity index (χ1n) is 4.25. The number of halogens is 4. The van der Waals surface area contributed by atoms with Gasteiger partial charge in [-0.1, -0.05) is 11.6 Å². The summed E-state index contributed by atoms with van der Waals surface area (Å²) in [6.07, 6.45) is -4.42. The third-order valence-electron chi connectivity index (χ3n) is 1.74. The van der Waals surface area contributed by atoms with Gasteiger partial charge >= 0.3 is 12.7 Å². The molecule has 0 aromatic heterocycles. The van der Waals surface area contributed by atoms with Gasteiger partial charge in [-0.2, -0.15) is 13.2 Å². The molecule has 1 aliphatic heterocycles. The van der Waals surface area contributed by atoms with Crippen LogP contribution in [0.4, 0.5) is 13.2 Å². The smallest absolute Gasteiger partial charge is 0.412 e. The molecule has 0 fully saturated rings. The van der Waals surface area contributed by atoms with Gasteiger partial charge in [0.05, 0.1) is 0 Å². The van der Waals surface area contributed by atoms with Gasteiger partial charge in [0, 0.05) is 11.1 Å². The largest absolute Gasteiger partial charge is 0.428 e. The summed E-state index contributed by atoms with van der Waals surface area (Å²) in [6, 6.07) is 4.47. The fourth-order valence-corrected chi connectivity index (χ4v) is 1.30. The molecule has 0 radical (unpaired) electrons. The van der Waals surface area contributed by atoms with E-state index < -0.39 is 19.3 Å². The van der Waals surface area contributed by atoms with Crippen molar-refractivity contribution in [2.45, 2.75) is 12.7 Å². The van der Waals surface area contributed by atoms with Crippen LogP contribution in [0.2, 0.25) is 5.02 Å². The highest BCUT2D eigenvalue weighted by Gasteiger charge is 2.33. The molecule has 3 nitrogen and oxygen atoms in total. The first-order valence-corrected chi connectivity index (χ1v) is 4.63. The summed E-state index contributed by atoms with van der Waals surface area (Å²) in [5.41, 5.74) is 0. The van der Waals surface area contributed by atoms with E-state index in [9.17, 15) is 13.2 Å². The number of benzene rings is 1. The number of ether oxygens (including phenoxy) is 3. The average molecular weight is 255 g/mol. The van der Waals surface area contributed by atoms with Crippen LogP contribution in [0, 0.1) is 0 Å². The topological polar surface area (TPSA) is 27.7 Å². The standard InChI is InChI=1S/C9H6ClF3O3/c10-5-1-2-6-7(3-5)16-8(15-6)14-4-9(11,12)13/h1-3,8H,4H2. The lowest BCUT2D eigenvalue weighted by Gasteiger charge is -2.12. The lowest BCUT2D eigenvalue weighted by molar-refractivity contribution is -0.248. The van der Waals surface area contributed by atoms with Gasteiger partial charge in [-0.05, 0) is 12.1 Å². The van der Waals surface area contributed by atoms with E-state index in [0.29, 0.717) is 10.8 Å². The zero-order valence-corrected chi connectivity index (χ0v) is 8.51. The van der Waals surface area contributed by atoms with Crippen LogP contribution < -0.4 is 9.47 Å². The third kappa shape index (κ3) is 2.70. The van der Waals surface area contributed by atoms with Crippen molar-refractivity contribution in [1.29, 1.82) is 0 Å². The van der Waals surface area contributed by atoms with Crippen molar-refractivity contribution in [3.05, 3.63) is 23.2 Å². The van der Waals surface area contributed by atoms with Crippen LogP contribution in [0.5, 0.6) is 11.5 Å². The minimum atomic E-state index is -4.42. The number of hydrogen-bond donors (Lipinski definition) is 0. The molecule has 0 bridgehead atoms. The Morgan fingerprint density at radius 3 is 2.62 bits per heavy atom. The Balaban J connectivity index is 1.95. The van der Waals surface area contributed by atoms with Gasteiger partial charge in [-0.3, -0.25) is 0 Å². The van der Waals surface area contributed by atoms with Crippen LogP contribution >= 0.6 is 11.6 Å². The lowest BCUT2D eigenvalue weighted by atomic mass is 10.3. The van der Waals surface area contributed by atoms with Crippen molar-refractivity contribution >= 4 is 11.6 Å². The molecule has 0 amide bonds. The van der Waals surface area contributed by atoms with Gasteiger partial charge in [-0.15, -0.1) is 0 Å². The molecule has 1 aromatic carbocycles. The third-order valence-corrected chi connectivity index (χ3v) is 1.97. The summed E-state index contributed by atoms with van der Waals surface area (Å²) in [5, 5.41) is 0.402. The zero-order chi connectivity index (χ0) is 11.8. The van der Waals surface area contributed by atoms with Crippen molar-refractivity contribution in [3.8, 4) is 11.5 Å². The second-order valence-electron chi connectivity index (χ2n) is 3.04. The van der Waals surface area contributed by atoms with Gasteiger partial charge in [0.25, 0.3) is 0 Å². The van der Waals surface area contributed by atoms with E-state index in [2.05, 4.69) is 4.74 Å². The molecule has 7 heteroatoms. The highest BCUT2D eigenvalue weighted by atomic mass is 35.5. The molecule has 0 N–H and O–H groups in total. The minimum Gasteiger partial charge on any atom is -0.428 e. The van der Waals surface area contributed by atoms with Crippen molar-refractivity contribution in [2.75, 3.05) is 6.61 Å². The molecule has 88 valence electrons. The average Bonchev–Trinajstić information content (AvgIpc) is 2.55. The van der Waals surface area contributed by atoms with E-state index in [0.717, 1.165) is 0 Å². The summed E-state index contributed by atoms with van der Waals surface area (Å²) in [5.74, 6) is 0.566. The fraction of sp³-hybridized carbons (Fsp3) is 0.333. The number of rotatable bonds is 2. The molecule has 0 spiro atoms. The van der Waals surface area contributed by atoms with Crippen molar-refractivity contribution in [1.82, 2.24) is 0 Å². The van der Waals surface area contributed by atoms with Gasteiger partial charge in [0.2, 0.25) is 0 Å². The molecule has 0 aliphatic carbocycles. The minimum absolute atomic E-state index is 0.264. The van der Waals surface area contributed by atoms with Crippen LogP contribution in [0.15, 0.2) is 18.2 Å². The summed E-state index contributed by atoms with van der Waals surface area (Å²) < 4.78 is 49.8. The Kier molecular flexibility index (Phi) is 2.86. The first-order chi connectivity index (χ1) is 7.44. The molecule has 1 unspecified atom stereocenters. The fourth-order valence-electron chi connectivity index (χ4n) is 1.13. The van der Waals surface area contributed by atoms with Crippen LogP contribution in [-0.2, 0) is 4.74 Å². The van der Waals surface area contributed by atoms with Gasteiger partial charge in [0.15, 0.2) is 18.1 Å². The monoisotopic (exact) mass is 254 g/mol.